The summed E-state index contributed by atoms with van der Waals surface area (Å²) in [6.45, 7) is 5.66. The molecule has 8 heteroatoms. The van der Waals surface area contributed by atoms with E-state index in [-0.39, 0.29) is 0 Å². The van der Waals surface area contributed by atoms with Crippen molar-refractivity contribution in [2.75, 3.05) is 0 Å². The molecule has 3 aromatic rings. The molecule has 1 aliphatic carbocycles. The van der Waals surface area contributed by atoms with Crippen molar-refractivity contribution >= 4 is 55.3 Å². The van der Waals surface area contributed by atoms with Crippen LogP contribution in [0.4, 0.5) is 0 Å². The summed E-state index contributed by atoms with van der Waals surface area (Å²) in [5.74, 6) is 0.350. The van der Waals surface area contributed by atoms with Crippen LogP contribution in [0.25, 0.3) is 22.6 Å². The van der Waals surface area contributed by atoms with Gasteiger partial charge in [0, 0.05) is 10.0 Å². The van der Waals surface area contributed by atoms with Gasteiger partial charge in [-0.15, -0.1) is 0 Å². The van der Waals surface area contributed by atoms with Crippen molar-refractivity contribution in [1.29, 1.82) is 5.26 Å². The van der Waals surface area contributed by atoms with Gasteiger partial charge in [0.1, 0.15) is 28.1 Å². The van der Waals surface area contributed by atoms with Gasteiger partial charge in [-0.1, -0.05) is 17.7 Å². The normalized spacial score (nSPS) is 16.2. The minimum atomic E-state index is -1.37. The second-order valence-corrected chi connectivity index (χ2v) is 10.9. The molecule has 0 saturated heterocycles. The molecule has 0 N–H and O–H groups in total. The summed E-state index contributed by atoms with van der Waals surface area (Å²) in [6, 6.07) is 9.63. The Kier molecular flexibility index (Phi) is 5.14. The van der Waals surface area contributed by atoms with Crippen LogP contribution < -0.4 is 0 Å². The van der Waals surface area contributed by atoms with Crippen molar-refractivity contribution in [2.45, 2.75) is 38.4 Å². The van der Waals surface area contributed by atoms with Crippen LogP contribution in [0.3, 0.4) is 0 Å². The number of benzene rings is 2. The van der Waals surface area contributed by atoms with E-state index in [0.717, 1.165) is 21.3 Å². The first-order chi connectivity index (χ1) is 13.7. The maximum absolute atomic E-state index is 12.5. The molecule has 1 aromatic heterocycles. The van der Waals surface area contributed by atoms with Crippen molar-refractivity contribution in [3.63, 3.8) is 0 Å². The number of halogens is 2. The molecular formula is C21H17BrClN3O2S. The third kappa shape index (κ3) is 3.54. The van der Waals surface area contributed by atoms with Crippen LogP contribution in [0.15, 0.2) is 37.6 Å². The Hall–Kier alpha value is -2.01. The Bertz CT molecular complexity index is 1250. The molecular weight excluding hydrogens is 474 g/mol. The number of oxazole rings is 1. The lowest BCUT2D eigenvalue weighted by Gasteiger charge is -2.14. The molecule has 0 amide bonds. The largest absolute Gasteiger partial charge is 0.435 e. The van der Waals surface area contributed by atoms with Gasteiger partial charge >= 0.3 is 0 Å². The smallest absolute Gasteiger partial charge is 0.228 e. The molecule has 0 aliphatic heterocycles. The lowest BCUT2D eigenvalue weighted by Crippen LogP contribution is -2.20. The summed E-state index contributed by atoms with van der Waals surface area (Å²) in [5.41, 5.74) is 4.53. The van der Waals surface area contributed by atoms with Crippen LogP contribution in [0.2, 0.25) is 5.02 Å². The second-order valence-electron chi connectivity index (χ2n) is 7.76. The third-order valence-corrected chi connectivity index (χ3v) is 7.45. The zero-order chi connectivity index (χ0) is 20.9. The zero-order valence-electron chi connectivity index (χ0n) is 16.0. The molecule has 0 unspecified atom stereocenters. The van der Waals surface area contributed by atoms with Gasteiger partial charge in [-0.25, -0.2) is 9.19 Å². The molecule has 148 valence electrons. The predicted octanol–water partition coefficient (Wildman–Crippen LogP) is 5.98. The number of fused-ring (bicyclic) bond motifs is 2. The number of rotatable bonds is 2. The van der Waals surface area contributed by atoms with Crippen molar-refractivity contribution in [3.8, 4) is 17.5 Å². The molecule has 1 atom stereocenters. The first-order valence-electron chi connectivity index (χ1n) is 9.01. The van der Waals surface area contributed by atoms with Gasteiger partial charge < -0.3 is 4.42 Å². The van der Waals surface area contributed by atoms with Crippen LogP contribution in [0, 0.1) is 11.3 Å². The number of aromatic nitrogens is 1. The fraction of sp³-hybridized carbons (Fsp3) is 0.286. The Morgan fingerprint density at radius 3 is 2.76 bits per heavy atom. The average molecular weight is 491 g/mol. The highest BCUT2D eigenvalue weighted by atomic mass is 79.9. The Morgan fingerprint density at radius 2 is 2.07 bits per heavy atom. The lowest BCUT2D eigenvalue weighted by molar-refractivity contribution is 0.618. The Labute approximate surface area is 184 Å². The molecule has 0 saturated carbocycles. The molecule has 29 heavy (non-hydrogen) atoms. The summed E-state index contributed by atoms with van der Waals surface area (Å²) in [4.78, 5) is 4.58. The molecule has 0 radical (unpaired) electrons. The molecule has 4 rings (SSSR count). The second kappa shape index (κ2) is 7.35. The summed E-state index contributed by atoms with van der Waals surface area (Å²) in [7, 11) is -1.37. The van der Waals surface area contributed by atoms with E-state index in [2.05, 4.69) is 31.4 Å². The van der Waals surface area contributed by atoms with Gasteiger partial charge in [0.05, 0.1) is 21.0 Å². The quantitative estimate of drug-likeness (QED) is 0.442. The van der Waals surface area contributed by atoms with Gasteiger partial charge in [0.25, 0.3) is 0 Å². The van der Waals surface area contributed by atoms with E-state index < -0.39 is 15.7 Å². The standard InChI is InChI=1S/C21H17BrClN3O2S/c1-21(2,3)29(27)26-16-8-7-11-13(16)9-17-19(14(11)10-24)28-20(25-17)12-5-4-6-15(22)18(12)23/h4-6,9H,7-8H2,1-3H3/b26-16-/t29-/m0/s1. The number of hydrogen-bond donors (Lipinski definition) is 0. The first kappa shape index (κ1) is 20.3. The average Bonchev–Trinajstić information content (AvgIpc) is 3.25. The highest BCUT2D eigenvalue weighted by Crippen LogP contribution is 2.38. The topological polar surface area (TPSA) is 79.2 Å². The molecule has 5 nitrogen and oxygen atoms in total. The van der Waals surface area contributed by atoms with Crippen LogP contribution in [-0.2, 0) is 17.4 Å². The van der Waals surface area contributed by atoms with E-state index in [1.807, 2.05) is 45.0 Å². The summed E-state index contributed by atoms with van der Waals surface area (Å²) < 4.78 is 23.2. The molecule has 1 heterocycles. The van der Waals surface area contributed by atoms with E-state index in [9.17, 15) is 9.47 Å². The fourth-order valence-electron chi connectivity index (χ4n) is 3.23. The third-order valence-electron chi connectivity index (χ3n) is 4.72. The van der Waals surface area contributed by atoms with Gasteiger partial charge in [0.2, 0.25) is 5.89 Å². The Morgan fingerprint density at radius 1 is 1.31 bits per heavy atom. The van der Waals surface area contributed by atoms with Crippen LogP contribution in [-0.4, -0.2) is 19.7 Å². The highest BCUT2D eigenvalue weighted by molar-refractivity contribution is 9.10. The van der Waals surface area contributed by atoms with Crippen LogP contribution >= 0.6 is 27.5 Å². The predicted molar refractivity (Wildman–Crippen MR) is 120 cm³/mol. The van der Waals surface area contributed by atoms with Crippen LogP contribution in [0.1, 0.15) is 43.9 Å². The molecule has 0 bridgehead atoms. The zero-order valence-corrected chi connectivity index (χ0v) is 19.2. The maximum Gasteiger partial charge on any atom is 0.228 e. The van der Waals surface area contributed by atoms with Crippen molar-refractivity contribution < 1.29 is 8.63 Å². The van der Waals surface area contributed by atoms with E-state index in [0.29, 0.717) is 46.0 Å². The minimum Gasteiger partial charge on any atom is -0.435 e. The molecule has 0 fully saturated rings. The van der Waals surface area contributed by atoms with Gasteiger partial charge in [-0.2, -0.15) is 9.66 Å². The highest BCUT2D eigenvalue weighted by Gasteiger charge is 2.28. The summed E-state index contributed by atoms with van der Waals surface area (Å²) in [6.07, 6.45) is 1.30. The minimum absolute atomic E-state index is 0.350. The van der Waals surface area contributed by atoms with E-state index in [1.165, 1.54) is 0 Å². The van der Waals surface area contributed by atoms with Crippen molar-refractivity contribution in [2.24, 2.45) is 4.40 Å². The van der Waals surface area contributed by atoms with E-state index >= 15 is 0 Å². The van der Waals surface area contributed by atoms with Crippen molar-refractivity contribution in [1.82, 2.24) is 4.98 Å². The van der Waals surface area contributed by atoms with Crippen molar-refractivity contribution in [3.05, 3.63) is 50.5 Å². The first-order valence-corrected chi connectivity index (χ1v) is 11.3. The number of nitriles is 1. The van der Waals surface area contributed by atoms with E-state index in [1.54, 1.807) is 0 Å². The Balaban J connectivity index is 1.90. The SMILES string of the molecule is CC(C)(C)[S@](=O)/N=C1/CCc2c1cc1nc(-c3cccc(Br)c3Cl)oc1c2C#N. The van der Waals surface area contributed by atoms with E-state index in [4.69, 9.17) is 16.0 Å². The molecule has 2 aromatic carbocycles. The summed E-state index contributed by atoms with van der Waals surface area (Å²) >= 11 is 9.80. The van der Waals surface area contributed by atoms with Crippen LogP contribution in [0.5, 0.6) is 0 Å². The lowest BCUT2D eigenvalue weighted by atomic mass is 10.0. The molecule has 1 aliphatic rings. The number of hydrogen-bond acceptors (Lipinski definition) is 4. The number of nitrogens with zero attached hydrogens (tertiary/aromatic N) is 3. The van der Waals surface area contributed by atoms with Gasteiger partial charge in [-0.3, -0.25) is 0 Å². The summed E-state index contributed by atoms with van der Waals surface area (Å²) in [5, 5.41) is 10.3. The fourth-order valence-corrected chi connectivity index (χ4v) is 4.47. The molecule has 0 spiro atoms. The van der Waals surface area contributed by atoms with Gasteiger partial charge in [0.15, 0.2) is 5.58 Å². The monoisotopic (exact) mass is 489 g/mol. The maximum atomic E-state index is 12.5. The van der Waals surface area contributed by atoms with Gasteiger partial charge in [-0.05, 0) is 73.3 Å².